The summed E-state index contributed by atoms with van der Waals surface area (Å²) in [5.41, 5.74) is 2.38. The van der Waals surface area contributed by atoms with Gasteiger partial charge >= 0.3 is 0 Å². The van der Waals surface area contributed by atoms with Crippen LogP contribution >= 0.6 is 0 Å². The second kappa shape index (κ2) is 5.18. The van der Waals surface area contributed by atoms with Gasteiger partial charge in [-0.25, -0.2) is 9.97 Å². The lowest BCUT2D eigenvalue weighted by Crippen LogP contribution is -2.03. The summed E-state index contributed by atoms with van der Waals surface area (Å²) in [6.45, 7) is 0.857. The van der Waals surface area contributed by atoms with Crippen molar-refractivity contribution < 1.29 is 0 Å². The molecule has 4 rings (SSSR count). The molecule has 0 aliphatic carbocycles. The number of benzene rings is 1. The Morgan fingerprint density at radius 1 is 1.09 bits per heavy atom. The van der Waals surface area contributed by atoms with Crippen molar-refractivity contribution in [2.75, 3.05) is 0 Å². The highest BCUT2D eigenvalue weighted by atomic mass is 15.1. The van der Waals surface area contributed by atoms with Crippen LogP contribution in [0.3, 0.4) is 0 Å². The first-order chi connectivity index (χ1) is 10.8. The molecule has 0 saturated heterocycles. The summed E-state index contributed by atoms with van der Waals surface area (Å²) in [5.74, 6) is 2.00. The van der Waals surface area contributed by atoms with Gasteiger partial charge in [0.2, 0.25) is 0 Å². The highest BCUT2D eigenvalue weighted by molar-refractivity contribution is 5.84. The number of hydrogen-bond acceptors (Lipinski definition) is 2. The number of hydrogen-bond donors (Lipinski definition) is 1. The molecule has 0 aliphatic heterocycles. The lowest BCUT2D eigenvalue weighted by atomic mass is 10.1. The topological polar surface area (TPSA) is 51.4 Å². The van der Waals surface area contributed by atoms with Crippen LogP contribution in [0.5, 0.6) is 0 Å². The fourth-order valence-corrected chi connectivity index (χ4v) is 2.83. The molecule has 0 radical (unpaired) electrons. The van der Waals surface area contributed by atoms with Gasteiger partial charge in [0.25, 0.3) is 0 Å². The van der Waals surface area contributed by atoms with E-state index in [1.54, 1.807) is 6.20 Å². The van der Waals surface area contributed by atoms with Crippen LogP contribution in [0.4, 0.5) is 0 Å². The lowest BCUT2D eigenvalue weighted by molar-refractivity contribution is 0.683. The van der Waals surface area contributed by atoms with Gasteiger partial charge in [-0.1, -0.05) is 0 Å². The molecule has 5 heteroatoms. The van der Waals surface area contributed by atoms with Gasteiger partial charge < -0.3 is 14.1 Å². The Labute approximate surface area is 128 Å². The molecule has 0 saturated carbocycles. The molecular weight excluding hydrogens is 274 g/mol. The van der Waals surface area contributed by atoms with Crippen LogP contribution in [-0.4, -0.2) is 24.1 Å². The minimum Gasteiger partial charge on any atom is -0.351 e. The molecule has 0 aliphatic rings. The minimum atomic E-state index is 0.857. The predicted molar refractivity (Wildman–Crippen MR) is 86.4 cm³/mol. The monoisotopic (exact) mass is 291 g/mol. The van der Waals surface area contributed by atoms with Crippen LogP contribution in [0.2, 0.25) is 0 Å². The first-order valence-corrected chi connectivity index (χ1v) is 7.36. The number of nitrogens with one attached hydrogen (secondary N) is 1. The summed E-state index contributed by atoms with van der Waals surface area (Å²) in [6, 6.07) is 8.61. The van der Waals surface area contributed by atoms with Crippen LogP contribution in [-0.2, 0) is 20.0 Å². The molecule has 0 unspecified atom stereocenters. The van der Waals surface area contributed by atoms with Crippen molar-refractivity contribution in [3.05, 3.63) is 61.1 Å². The summed E-state index contributed by atoms with van der Waals surface area (Å²) in [4.78, 5) is 11.9. The Bertz CT molecular complexity index is 898. The molecule has 4 aromatic rings. The number of aryl methyl sites for hydroxylation is 3. The maximum absolute atomic E-state index is 4.53. The fourth-order valence-electron chi connectivity index (χ4n) is 2.83. The number of aromatic amines is 1. The number of imidazole rings is 2. The summed E-state index contributed by atoms with van der Waals surface area (Å²) < 4.78 is 4.30. The smallest absolute Gasteiger partial charge is 0.139 e. The van der Waals surface area contributed by atoms with E-state index in [4.69, 9.17) is 0 Å². The Morgan fingerprint density at radius 3 is 2.91 bits per heavy atom. The fraction of sp³-hybridized carbons (Fsp3) is 0.176. The zero-order valence-electron chi connectivity index (χ0n) is 12.4. The molecule has 0 fully saturated rings. The molecule has 0 spiro atoms. The Kier molecular flexibility index (Phi) is 3.04. The quantitative estimate of drug-likeness (QED) is 0.628. The third kappa shape index (κ3) is 2.20. The van der Waals surface area contributed by atoms with E-state index in [-0.39, 0.29) is 0 Å². The van der Waals surface area contributed by atoms with Gasteiger partial charge in [-0.3, -0.25) is 0 Å². The predicted octanol–water partition coefficient (Wildman–Crippen LogP) is 3.01. The number of rotatable bonds is 4. The van der Waals surface area contributed by atoms with E-state index in [9.17, 15) is 0 Å². The van der Waals surface area contributed by atoms with Crippen molar-refractivity contribution in [3.63, 3.8) is 0 Å². The lowest BCUT2D eigenvalue weighted by Gasteiger charge is -2.07. The second-order valence-electron chi connectivity index (χ2n) is 5.43. The van der Waals surface area contributed by atoms with Gasteiger partial charge in [-0.15, -0.1) is 0 Å². The molecule has 110 valence electrons. The van der Waals surface area contributed by atoms with E-state index >= 15 is 0 Å². The third-order valence-electron chi connectivity index (χ3n) is 4.00. The number of H-pyrrole nitrogens is 1. The Morgan fingerprint density at radius 2 is 2.05 bits per heavy atom. The third-order valence-corrected chi connectivity index (χ3v) is 4.00. The van der Waals surface area contributed by atoms with E-state index in [0.29, 0.717) is 0 Å². The van der Waals surface area contributed by atoms with E-state index in [2.05, 4.69) is 61.6 Å². The van der Waals surface area contributed by atoms with Crippen molar-refractivity contribution in [3.8, 4) is 11.4 Å². The average molecular weight is 291 g/mol. The molecule has 0 atom stereocenters. The van der Waals surface area contributed by atoms with Crippen LogP contribution in [0.15, 0.2) is 55.2 Å². The highest BCUT2D eigenvalue weighted by Crippen LogP contribution is 2.24. The second-order valence-corrected chi connectivity index (χ2v) is 5.43. The molecule has 5 nitrogen and oxygen atoms in total. The zero-order chi connectivity index (χ0) is 14.9. The first kappa shape index (κ1) is 12.9. The first-order valence-electron chi connectivity index (χ1n) is 7.36. The molecule has 1 aromatic carbocycles. The number of fused-ring (bicyclic) bond motifs is 1. The maximum Gasteiger partial charge on any atom is 0.139 e. The summed E-state index contributed by atoms with van der Waals surface area (Å²) in [5, 5.41) is 1.24. The largest absolute Gasteiger partial charge is 0.351 e. The molecule has 0 amide bonds. The van der Waals surface area contributed by atoms with E-state index in [0.717, 1.165) is 30.2 Å². The van der Waals surface area contributed by atoms with E-state index in [1.807, 2.05) is 18.6 Å². The standard InChI is InChI=1S/C17H17N5/c1-21-9-4-13-12-14(2-3-15(13)21)17-20-8-11-22(17)10-5-16-18-6-7-19-16/h2-4,6-9,11-12H,5,10H2,1H3,(H,18,19). The highest BCUT2D eigenvalue weighted by Gasteiger charge is 2.08. The molecule has 3 heterocycles. The Hall–Kier alpha value is -2.82. The average Bonchev–Trinajstić information content (AvgIpc) is 3.26. The zero-order valence-corrected chi connectivity index (χ0v) is 12.4. The van der Waals surface area contributed by atoms with Gasteiger partial charge in [-0.05, 0) is 24.3 Å². The van der Waals surface area contributed by atoms with Gasteiger partial charge in [-0.2, -0.15) is 0 Å². The normalized spacial score (nSPS) is 11.3. The minimum absolute atomic E-state index is 0.857. The molecule has 1 N–H and O–H groups in total. The summed E-state index contributed by atoms with van der Waals surface area (Å²) in [6.07, 6.45) is 10.5. The van der Waals surface area contributed by atoms with Gasteiger partial charge in [0.15, 0.2) is 0 Å². The SMILES string of the molecule is Cn1ccc2cc(-c3nccn3CCc3ncc[nH]3)ccc21. The van der Waals surface area contributed by atoms with Crippen molar-refractivity contribution >= 4 is 10.9 Å². The van der Waals surface area contributed by atoms with Crippen LogP contribution < -0.4 is 0 Å². The van der Waals surface area contributed by atoms with E-state index < -0.39 is 0 Å². The van der Waals surface area contributed by atoms with Crippen molar-refractivity contribution in [2.45, 2.75) is 13.0 Å². The van der Waals surface area contributed by atoms with E-state index in [1.165, 1.54) is 10.9 Å². The van der Waals surface area contributed by atoms with Gasteiger partial charge in [0, 0.05) is 67.5 Å². The maximum atomic E-state index is 4.53. The molecule has 3 aromatic heterocycles. The summed E-state index contributed by atoms with van der Waals surface area (Å²) in [7, 11) is 2.06. The van der Waals surface area contributed by atoms with Crippen molar-refractivity contribution in [1.82, 2.24) is 24.1 Å². The number of aromatic nitrogens is 5. The van der Waals surface area contributed by atoms with Crippen LogP contribution in [0, 0.1) is 0 Å². The van der Waals surface area contributed by atoms with Gasteiger partial charge in [0.05, 0.1) is 0 Å². The number of nitrogens with zero attached hydrogens (tertiary/aromatic N) is 4. The van der Waals surface area contributed by atoms with Gasteiger partial charge in [0.1, 0.15) is 11.6 Å². The molecule has 0 bridgehead atoms. The van der Waals surface area contributed by atoms with Crippen LogP contribution in [0.25, 0.3) is 22.3 Å². The molecular formula is C17H17N5. The van der Waals surface area contributed by atoms with Crippen LogP contribution in [0.1, 0.15) is 5.82 Å². The Balaban J connectivity index is 1.65. The summed E-state index contributed by atoms with van der Waals surface area (Å²) >= 11 is 0. The van der Waals surface area contributed by atoms with Crippen molar-refractivity contribution in [1.29, 1.82) is 0 Å². The van der Waals surface area contributed by atoms with Crippen molar-refractivity contribution in [2.24, 2.45) is 7.05 Å². The molecule has 22 heavy (non-hydrogen) atoms.